The Hall–Kier alpha value is -1.81. The van der Waals surface area contributed by atoms with Crippen molar-refractivity contribution in [2.75, 3.05) is 6.61 Å². The van der Waals surface area contributed by atoms with Gasteiger partial charge in [-0.25, -0.2) is 4.79 Å². The Balaban J connectivity index is 2.74. The van der Waals surface area contributed by atoms with E-state index in [0.29, 0.717) is 12.0 Å². The van der Waals surface area contributed by atoms with Crippen molar-refractivity contribution in [3.05, 3.63) is 35.0 Å². The number of aromatic nitrogens is 1. The summed E-state index contributed by atoms with van der Waals surface area (Å²) in [7, 11) is 0. The number of hydrogen-bond acceptors (Lipinski definition) is 2. The highest BCUT2D eigenvalue weighted by atomic mass is 16.4. The highest BCUT2D eigenvalue weighted by Crippen LogP contribution is 2.29. The molecule has 19 heavy (non-hydrogen) atoms. The van der Waals surface area contributed by atoms with Gasteiger partial charge in [-0.3, -0.25) is 0 Å². The standard InChI is InChI=1S/C15H19NO3/c1-3-16-10(2)11(8-5-9-17)12-6-4-7-13(14(12)16)15(18)19/h4,6-7,17H,3,5,8-9H2,1-2H3,(H,18,19). The lowest BCUT2D eigenvalue weighted by atomic mass is 10.0. The SMILES string of the molecule is CCn1c(C)c(CCCO)c2cccc(C(=O)O)c21. The summed E-state index contributed by atoms with van der Waals surface area (Å²) in [6.45, 7) is 4.92. The Kier molecular flexibility index (Phi) is 3.90. The van der Waals surface area contributed by atoms with E-state index in [-0.39, 0.29) is 6.61 Å². The number of fused-ring (bicyclic) bond motifs is 1. The molecule has 0 aliphatic carbocycles. The molecule has 0 saturated carbocycles. The molecule has 0 unspecified atom stereocenters. The molecule has 1 aromatic carbocycles. The number of rotatable bonds is 5. The number of hydrogen-bond donors (Lipinski definition) is 2. The van der Waals surface area contributed by atoms with Crippen LogP contribution in [-0.2, 0) is 13.0 Å². The van der Waals surface area contributed by atoms with Gasteiger partial charge in [0.15, 0.2) is 0 Å². The molecular formula is C15H19NO3. The van der Waals surface area contributed by atoms with Crippen LogP contribution >= 0.6 is 0 Å². The number of nitrogens with zero attached hydrogens (tertiary/aromatic N) is 1. The maximum atomic E-state index is 11.4. The van der Waals surface area contributed by atoms with Crippen LogP contribution < -0.4 is 0 Å². The molecule has 2 rings (SSSR count). The molecule has 0 spiro atoms. The number of para-hydroxylation sites is 1. The molecule has 1 aromatic heterocycles. The molecule has 2 aromatic rings. The molecule has 1 heterocycles. The number of aromatic carboxylic acids is 1. The van der Waals surface area contributed by atoms with Gasteiger partial charge in [0.1, 0.15) is 0 Å². The van der Waals surface area contributed by atoms with Crippen molar-refractivity contribution in [1.82, 2.24) is 4.57 Å². The van der Waals surface area contributed by atoms with Gasteiger partial charge in [0.05, 0.1) is 11.1 Å². The predicted molar refractivity (Wildman–Crippen MR) is 74.7 cm³/mol. The van der Waals surface area contributed by atoms with Gasteiger partial charge in [-0.15, -0.1) is 0 Å². The minimum Gasteiger partial charge on any atom is -0.478 e. The first kappa shape index (κ1) is 13.6. The van der Waals surface area contributed by atoms with E-state index in [1.807, 2.05) is 24.5 Å². The van der Waals surface area contributed by atoms with Crippen LogP contribution in [-0.4, -0.2) is 27.4 Å². The molecule has 0 radical (unpaired) electrons. The van der Waals surface area contributed by atoms with Gasteiger partial charge in [0, 0.05) is 24.2 Å². The van der Waals surface area contributed by atoms with Gasteiger partial charge >= 0.3 is 5.97 Å². The molecule has 0 amide bonds. The van der Waals surface area contributed by atoms with Gasteiger partial charge < -0.3 is 14.8 Å². The van der Waals surface area contributed by atoms with Gasteiger partial charge in [-0.2, -0.15) is 0 Å². The average molecular weight is 261 g/mol. The van der Waals surface area contributed by atoms with E-state index in [9.17, 15) is 9.90 Å². The molecule has 0 saturated heterocycles. The van der Waals surface area contributed by atoms with Gasteiger partial charge in [-0.05, 0) is 38.3 Å². The number of aliphatic hydroxyl groups excluding tert-OH is 1. The summed E-state index contributed by atoms with van der Waals surface area (Å²) < 4.78 is 2.05. The fourth-order valence-corrected chi connectivity index (χ4v) is 2.74. The van der Waals surface area contributed by atoms with Crippen molar-refractivity contribution >= 4 is 16.9 Å². The largest absolute Gasteiger partial charge is 0.478 e. The van der Waals surface area contributed by atoms with Gasteiger partial charge in [0.2, 0.25) is 0 Å². The van der Waals surface area contributed by atoms with Crippen molar-refractivity contribution in [2.24, 2.45) is 0 Å². The van der Waals surface area contributed by atoms with Gasteiger partial charge in [0.25, 0.3) is 0 Å². The van der Waals surface area contributed by atoms with E-state index >= 15 is 0 Å². The van der Waals surface area contributed by atoms with E-state index in [0.717, 1.165) is 35.1 Å². The molecular weight excluding hydrogens is 242 g/mol. The zero-order valence-electron chi connectivity index (χ0n) is 11.3. The van der Waals surface area contributed by atoms with Crippen molar-refractivity contribution in [1.29, 1.82) is 0 Å². The van der Waals surface area contributed by atoms with E-state index in [4.69, 9.17) is 5.11 Å². The number of carboxylic acids is 1. The number of aryl methyl sites for hydroxylation is 2. The first-order valence-electron chi connectivity index (χ1n) is 6.56. The van der Waals surface area contributed by atoms with Crippen LogP contribution in [0.15, 0.2) is 18.2 Å². The number of carbonyl (C=O) groups is 1. The molecule has 4 heteroatoms. The smallest absolute Gasteiger partial charge is 0.337 e. The van der Waals surface area contributed by atoms with Crippen molar-refractivity contribution < 1.29 is 15.0 Å². The topological polar surface area (TPSA) is 62.5 Å². The van der Waals surface area contributed by atoms with Crippen LogP contribution in [0, 0.1) is 6.92 Å². The third-order valence-electron chi connectivity index (χ3n) is 3.60. The highest BCUT2D eigenvalue weighted by molar-refractivity contribution is 6.03. The van der Waals surface area contributed by atoms with E-state index in [1.165, 1.54) is 0 Å². The molecule has 0 aliphatic rings. The summed E-state index contributed by atoms with van der Waals surface area (Å²) in [6.07, 6.45) is 1.47. The molecule has 0 bridgehead atoms. The second-order valence-electron chi connectivity index (χ2n) is 4.64. The van der Waals surface area contributed by atoms with Crippen LogP contribution in [0.4, 0.5) is 0 Å². The molecule has 4 nitrogen and oxygen atoms in total. The molecule has 0 aliphatic heterocycles. The third kappa shape index (κ3) is 2.24. The fraction of sp³-hybridized carbons (Fsp3) is 0.400. The van der Waals surface area contributed by atoms with Crippen LogP contribution in [0.5, 0.6) is 0 Å². The summed E-state index contributed by atoms with van der Waals surface area (Å²) in [6, 6.07) is 5.40. The summed E-state index contributed by atoms with van der Waals surface area (Å²) in [5.74, 6) is -0.897. The summed E-state index contributed by atoms with van der Waals surface area (Å²) in [5.41, 5.74) is 3.38. The lowest BCUT2D eigenvalue weighted by molar-refractivity contribution is 0.0698. The molecule has 0 atom stereocenters. The van der Waals surface area contributed by atoms with E-state index in [1.54, 1.807) is 12.1 Å². The second kappa shape index (κ2) is 5.45. The average Bonchev–Trinajstić information content (AvgIpc) is 2.67. The Morgan fingerprint density at radius 2 is 2.11 bits per heavy atom. The predicted octanol–water partition coefficient (Wildman–Crippen LogP) is 2.59. The third-order valence-corrected chi connectivity index (χ3v) is 3.60. The lowest BCUT2D eigenvalue weighted by Gasteiger charge is -2.06. The quantitative estimate of drug-likeness (QED) is 0.869. The first-order valence-corrected chi connectivity index (χ1v) is 6.56. The van der Waals surface area contributed by atoms with Crippen molar-refractivity contribution in [3.8, 4) is 0 Å². The van der Waals surface area contributed by atoms with Crippen LogP contribution in [0.25, 0.3) is 10.9 Å². The monoisotopic (exact) mass is 261 g/mol. The van der Waals surface area contributed by atoms with E-state index in [2.05, 4.69) is 0 Å². The number of benzene rings is 1. The summed E-state index contributed by atoms with van der Waals surface area (Å²) in [5, 5.41) is 19.3. The Labute approximate surface area is 112 Å². The summed E-state index contributed by atoms with van der Waals surface area (Å²) in [4.78, 5) is 11.4. The van der Waals surface area contributed by atoms with Crippen LogP contribution in [0.3, 0.4) is 0 Å². The van der Waals surface area contributed by atoms with Crippen LogP contribution in [0.2, 0.25) is 0 Å². The zero-order valence-corrected chi connectivity index (χ0v) is 11.3. The Morgan fingerprint density at radius 3 is 2.68 bits per heavy atom. The molecule has 0 fully saturated rings. The second-order valence-corrected chi connectivity index (χ2v) is 4.64. The van der Waals surface area contributed by atoms with E-state index < -0.39 is 5.97 Å². The fourth-order valence-electron chi connectivity index (χ4n) is 2.74. The minimum atomic E-state index is -0.897. The molecule has 102 valence electrons. The zero-order chi connectivity index (χ0) is 14.0. The van der Waals surface area contributed by atoms with Gasteiger partial charge in [-0.1, -0.05) is 12.1 Å². The minimum absolute atomic E-state index is 0.150. The molecule has 2 N–H and O–H groups in total. The first-order chi connectivity index (χ1) is 9.11. The maximum absolute atomic E-state index is 11.4. The van der Waals surface area contributed by atoms with Crippen LogP contribution in [0.1, 0.15) is 35.0 Å². The normalized spacial score (nSPS) is 11.1. The number of carboxylic acid groups (broad SMARTS) is 1. The van der Waals surface area contributed by atoms with Crippen molar-refractivity contribution in [3.63, 3.8) is 0 Å². The number of aliphatic hydroxyl groups is 1. The maximum Gasteiger partial charge on any atom is 0.337 e. The Bertz CT molecular complexity index is 613. The van der Waals surface area contributed by atoms with Crippen molar-refractivity contribution in [2.45, 2.75) is 33.2 Å². The Morgan fingerprint density at radius 1 is 1.37 bits per heavy atom. The summed E-state index contributed by atoms with van der Waals surface area (Å²) >= 11 is 0. The lowest BCUT2D eigenvalue weighted by Crippen LogP contribution is -2.03. The highest BCUT2D eigenvalue weighted by Gasteiger charge is 2.18.